The number of hydrogen-bond acceptors (Lipinski definition) is 0. The minimum Gasteiger partial charge on any atom is -0.122 e. The van der Waals surface area contributed by atoms with E-state index in [1.54, 1.807) is 5.57 Å². The molecule has 0 radical (unpaired) electrons. The Kier molecular flexibility index (Phi) is 11.1. The van der Waals surface area contributed by atoms with Crippen LogP contribution in [-0.4, -0.2) is 5.88 Å². The zero-order valence-corrected chi connectivity index (χ0v) is 10.6. The molecule has 0 aliphatic rings. The van der Waals surface area contributed by atoms with Crippen LogP contribution >= 0.6 is 11.6 Å². The second-order valence-corrected chi connectivity index (χ2v) is 4.24. The molecular formula is C13H25Cl. The molecule has 0 aromatic carbocycles. The zero-order valence-electron chi connectivity index (χ0n) is 9.82. The minimum atomic E-state index is 0.688. The Morgan fingerprint density at radius 1 is 0.929 bits per heavy atom. The number of hydrogen-bond donors (Lipinski definition) is 0. The van der Waals surface area contributed by atoms with E-state index in [1.165, 1.54) is 51.4 Å². The summed E-state index contributed by atoms with van der Waals surface area (Å²) >= 11 is 5.75. The van der Waals surface area contributed by atoms with Crippen molar-refractivity contribution < 1.29 is 0 Å². The molecule has 84 valence electrons. The van der Waals surface area contributed by atoms with Crippen molar-refractivity contribution in [1.82, 2.24) is 0 Å². The SMILES string of the molecule is CCCCCC(=CCCl)CCCCC. The largest absolute Gasteiger partial charge is 0.122 e. The Balaban J connectivity index is 3.61. The van der Waals surface area contributed by atoms with Gasteiger partial charge in [-0.1, -0.05) is 51.2 Å². The third-order valence-electron chi connectivity index (χ3n) is 2.57. The van der Waals surface area contributed by atoms with Gasteiger partial charge in [-0.15, -0.1) is 11.6 Å². The topological polar surface area (TPSA) is 0 Å². The van der Waals surface area contributed by atoms with Gasteiger partial charge in [0.1, 0.15) is 0 Å². The third-order valence-corrected chi connectivity index (χ3v) is 2.72. The van der Waals surface area contributed by atoms with Gasteiger partial charge in [0.25, 0.3) is 0 Å². The van der Waals surface area contributed by atoms with Crippen LogP contribution in [0.1, 0.15) is 65.2 Å². The second-order valence-electron chi connectivity index (χ2n) is 3.93. The maximum atomic E-state index is 5.75. The first-order valence-electron chi connectivity index (χ1n) is 6.09. The van der Waals surface area contributed by atoms with Gasteiger partial charge in [-0.3, -0.25) is 0 Å². The van der Waals surface area contributed by atoms with Crippen LogP contribution in [0.5, 0.6) is 0 Å². The third kappa shape index (κ3) is 8.62. The molecule has 0 atom stereocenters. The van der Waals surface area contributed by atoms with Gasteiger partial charge in [0.15, 0.2) is 0 Å². The number of rotatable bonds is 9. The summed E-state index contributed by atoms with van der Waals surface area (Å²) in [5, 5.41) is 0. The number of allylic oxidation sites excluding steroid dienone is 2. The average molecular weight is 217 g/mol. The fraction of sp³-hybridized carbons (Fsp3) is 0.846. The number of unbranched alkanes of at least 4 members (excludes halogenated alkanes) is 4. The van der Waals surface area contributed by atoms with Crippen molar-refractivity contribution in [2.24, 2.45) is 0 Å². The second kappa shape index (κ2) is 11.1. The maximum absolute atomic E-state index is 5.75. The fourth-order valence-electron chi connectivity index (χ4n) is 1.64. The molecule has 0 aliphatic carbocycles. The lowest BCUT2D eigenvalue weighted by atomic mass is 10.0. The first-order valence-corrected chi connectivity index (χ1v) is 6.62. The van der Waals surface area contributed by atoms with Crippen molar-refractivity contribution in [2.75, 3.05) is 5.88 Å². The van der Waals surface area contributed by atoms with Gasteiger partial charge in [0.05, 0.1) is 0 Å². The molecule has 0 spiro atoms. The van der Waals surface area contributed by atoms with Gasteiger partial charge in [0.2, 0.25) is 0 Å². The van der Waals surface area contributed by atoms with Crippen LogP contribution in [0, 0.1) is 0 Å². The van der Waals surface area contributed by atoms with Crippen LogP contribution < -0.4 is 0 Å². The van der Waals surface area contributed by atoms with Crippen LogP contribution in [-0.2, 0) is 0 Å². The van der Waals surface area contributed by atoms with E-state index >= 15 is 0 Å². The fourth-order valence-corrected chi connectivity index (χ4v) is 1.86. The van der Waals surface area contributed by atoms with E-state index in [0.717, 1.165) is 0 Å². The van der Waals surface area contributed by atoms with Crippen LogP contribution in [0.25, 0.3) is 0 Å². The Bertz CT molecular complexity index is 126. The summed E-state index contributed by atoms with van der Waals surface area (Å²) in [7, 11) is 0. The summed E-state index contributed by atoms with van der Waals surface area (Å²) in [6, 6.07) is 0. The Labute approximate surface area is 94.7 Å². The molecule has 0 fully saturated rings. The first-order chi connectivity index (χ1) is 6.85. The van der Waals surface area contributed by atoms with E-state index < -0.39 is 0 Å². The predicted octanol–water partition coefficient (Wildman–Crippen LogP) is 5.31. The maximum Gasteiger partial charge on any atom is 0.0406 e. The van der Waals surface area contributed by atoms with Crippen molar-refractivity contribution in [3.05, 3.63) is 11.6 Å². The summed E-state index contributed by atoms with van der Waals surface area (Å²) < 4.78 is 0. The summed E-state index contributed by atoms with van der Waals surface area (Å²) in [6.45, 7) is 4.50. The smallest absolute Gasteiger partial charge is 0.0406 e. The van der Waals surface area contributed by atoms with Gasteiger partial charge in [-0.05, 0) is 25.7 Å². The highest BCUT2D eigenvalue weighted by atomic mass is 35.5. The molecule has 0 rings (SSSR count). The van der Waals surface area contributed by atoms with E-state index in [2.05, 4.69) is 19.9 Å². The number of halogens is 1. The molecule has 0 bridgehead atoms. The average Bonchev–Trinajstić information content (AvgIpc) is 2.18. The van der Waals surface area contributed by atoms with Crippen molar-refractivity contribution in [1.29, 1.82) is 0 Å². The Morgan fingerprint density at radius 2 is 1.43 bits per heavy atom. The summed E-state index contributed by atoms with van der Waals surface area (Å²) in [4.78, 5) is 0. The van der Waals surface area contributed by atoms with Crippen molar-refractivity contribution in [3.8, 4) is 0 Å². The van der Waals surface area contributed by atoms with Crippen LogP contribution in [0.15, 0.2) is 11.6 Å². The summed E-state index contributed by atoms with van der Waals surface area (Å²) in [5.74, 6) is 0.688. The van der Waals surface area contributed by atoms with Crippen LogP contribution in [0.4, 0.5) is 0 Å². The molecule has 0 N–H and O–H groups in total. The van der Waals surface area contributed by atoms with Gasteiger partial charge >= 0.3 is 0 Å². The lowest BCUT2D eigenvalue weighted by Gasteiger charge is -2.06. The quantitative estimate of drug-likeness (QED) is 0.278. The highest BCUT2D eigenvalue weighted by Gasteiger charge is 1.97. The normalized spacial score (nSPS) is 10.2. The predicted molar refractivity (Wildman–Crippen MR) is 67.1 cm³/mol. The van der Waals surface area contributed by atoms with Gasteiger partial charge < -0.3 is 0 Å². The van der Waals surface area contributed by atoms with Gasteiger partial charge in [-0.2, -0.15) is 0 Å². The first kappa shape index (κ1) is 14.0. The molecule has 0 saturated carbocycles. The van der Waals surface area contributed by atoms with Gasteiger partial charge in [0, 0.05) is 5.88 Å². The van der Waals surface area contributed by atoms with E-state index in [4.69, 9.17) is 11.6 Å². The van der Waals surface area contributed by atoms with Crippen LogP contribution in [0.3, 0.4) is 0 Å². The zero-order chi connectivity index (χ0) is 10.6. The molecule has 0 nitrogen and oxygen atoms in total. The molecule has 1 heteroatoms. The van der Waals surface area contributed by atoms with Crippen molar-refractivity contribution in [2.45, 2.75) is 65.2 Å². The monoisotopic (exact) mass is 216 g/mol. The minimum absolute atomic E-state index is 0.688. The lowest BCUT2D eigenvalue weighted by molar-refractivity contribution is 0.658. The molecular weight excluding hydrogens is 192 g/mol. The Morgan fingerprint density at radius 3 is 1.79 bits per heavy atom. The molecule has 0 aliphatic heterocycles. The molecule has 14 heavy (non-hydrogen) atoms. The van der Waals surface area contributed by atoms with Gasteiger partial charge in [-0.25, -0.2) is 0 Å². The highest BCUT2D eigenvalue weighted by Crippen LogP contribution is 2.16. The van der Waals surface area contributed by atoms with Crippen molar-refractivity contribution >= 4 is 11.6 Å². The van der Waals surface area contributed by atoms with Crippen LogP contribution in [0.2, 0.25) is 0 Å². The summed E-state index contributed by atoms with van der Waals surface area (Å²) in [5.41, 5.74) is 1.59. The van der Waals surface area contributed by atoms with E-state index in [0.29, 0.717) is 5.88 Å². The van der Waals surface area contributed by atoms with E-state index in [9.17, 15) is 0 Å². The molecule has 0 unspecified atom stereocenters. The molecule has 0 aromatic heterocycles. The number of alkyl halides is 1. The van der Waals surface area contributed by atoms with Crippen molar-refractivity contribution in [3.63, 3.8) is 0 Å². The standard InChI is InChI=1S/C13H25Cl/c1-3-5-7-9-13(11-12-14)10-8-6-4-2/h11H,3-10,12H2,1-2H3. The van der Waals surface area contributed by atoms with E-state index in [1.807, 2.05) is 0 Å². The van der Waals surface area contributed by atoms with E-state index in [-0.39, 0.29) is 0 Å². The molecule has 0 amide bonds. The summed E-state index contributed by atoms with van der Waals surface area (Å²) in [6.07, 6.45) is 12.8. The molecule has 0 aromatic rings. The highest BCUT2D eigenvalue weighted by molar-refractivity contribution is 6.18. The molecule has 0 heterocycles. The lowest BCUT2D eigenvalue weighted by Crippen LogP contribution is -1.87. The molecule has 0 saturated heterocycles. The Hall–Kier alpha value is 0.0300.